The molecular weight excluding hydrogens is 262 g/mol. The lowest BCUT2D eigenvalue weighted by Crippen LogP contribution is -2.15. The Morgan fingerprint density at radius 2 is 1.94 bits per heavy atom. The number of halogens is 1. The van der Waals surface area contributed by atoms with Crippen molar-refractivity contribution >= 4 is 21.6 Å². The number of hydrogen-bond donors (Lipinski definition) is 0. The lowest BCUT2D eigenvalue weighted by Gasteiger charge is -2.09. The molecule has 0 N–H and O–H groups in total. The average molecular weight is 272 g/mol. The Balaban J connectivity index is 2.67. The molecule has 0 atom stereocenters. The molecule has 0 radical (unpaired) electrons. The Morgan fingerprint density at radius 1 is 1.24 bits per heavy atom. The van der Waals surface area contributed by atoms with Crippen LogP contribution in [0.2, 0.25) is 5.02 Å². The summed E-state index contributed by atoms with van der Waals surface area (Å²) in [6, 6.07) is 3.16. The van der Waals surface area contributed by atoms with Crippen LogP contribution in [0.25, 0.3) is 0 Å². The van der Waals surface area contributed by atoms with E-state index < -0.39 is 10.0 Å². The number of aryl methyl sites for hydroxylation is 2. The van der Waals surface area contributed by atoms with E-state index in [4.69, 9.17) is 11.6 Å². The van der Waals surface area contributed by atoms with Crippen molar-refractivity contribution in [2.24, 2.45) is 0 Å². The molecule has 0 spiro atoms. The number of nitrogens with zero attached hydrogens (tertiary/aromatic N) is 3. The summed E-state index contributed by atoms with van der Waals surface area (Å²) in [7, 11) is -3.68. The molecule has 1 heterocycles. The summed E-state index contributed by atoms with van der Waals surface area (Å²) in [6.45, 7) is 3.44. The van der Waals surface area contributed by atoms with Crippen LogP contribution in [0.15, 0.2) is 29.7 Å². The van der Waals surface area contributed by atoms with E-state index in [9.17, 15) is 8.42 Å². The maximum absolute atomic E-state index is 12.2. The van der Waals surface area contributed by atoms with Gasteiger partial charge in [-0.2, -0.15) is 8.42 Å². The van der Waals surface area contributed by atoms with Crippen molar-refractivity contribution in [2.45, 2.75) is 18.7 Å². The maximum Gasteiger partial charge on any atom is 0.284 e. The van der Waals surface area contributed by atoms with Crippen molar-refractivity contribution in [3.63, 3.8) is 0 Å². The molecule has 5 nitrogen and oxygen atoms in total. The van der Waals surface area contributed by atoms with E-state index in [2.05, 4.69) is 10.1 Å². The first-order valence-electron chi connectivity index (χ1n) is 4.80. The lowest BCUT2D eigenvalue weighted by atomic mass is 10.2. The van der Waals surface area contributed by atoms with E-state index >= 15 is 0 Å². The summed E-state index contributed by atoms with van der Waals surface area (Å²) >= 11 is 5.93. The Labute approximate surface area is 104 Å². The Morgan fingerprint density at radius 3 is 2.53 bits per heavy atom. The average Bonchev–Trinajstić information content (AvgIpc) is 2.77. The topological polar surface area (TPSA) is 64.8 Å². The molecule has 0 amide bonds. The Hall–Kier alpha value is -1.40. The van der Waals surface area contributed by atoms with Gasteiger partial charge in [-0.3, -0.25) is 0 Å². The molecule has 0 aliphatic heterocycles. The molecule has 0 unspecified atom stereocenters. The molecule has 1 aromatic carbocycles. The van der Waals surface area contributed by atoms with Gasteiger partial charge in [0.2, 0.25) is 0 Å². The third-order valence-electron chi connectivity index (χ3n) is 2.38. The van der Waals surface area contributed by atoms with Gasteiger partial charge >= 0.3 is 0 Å². The minimum atomic E-state index is -3.68. The highest BCUT2D eigenvalue weighted by molar-refractivity contribution is 7.89. The van der Waals surface area contributed by atoms with E-state index in [1.807, 2.05) is 0 Å². The summed E-state index contributed by atoms with van der Waals surface area (Å²) < 4.78 is 25.2. The van der Waals surface area contributed by atoms with Crippen molar-refractivity contribution in [1.29, 1.82) is 0 Å². The molecule has 0 fully saturated rings. The molecule has 7 heteroatoms. The first kappa shape index (κ1) is 12.1. The molecule has 2 aromatic rings. The molecule has 2 rings (SSSR count). The second-order valence-corrected chi connectivity index (χ2v) is 5.81. The first-order valence-corrected chi connectivity index (χ1v) is 6.61. The largest absolute Gasteiger partial charge is 0.284 e. The third kappa shape index (κ3) is 2.05. The molecular formula is C10H10ClN3O2S. The van der Waals surface area contributed by atoms with Gasteiger partial charge in [0.05, 0.1) is 4.90 Å². The maximum atomic E-state index is 12.2. The Bertz CT molecular complexity index is 650. The van der Waals surface area contributed by atoms with E-state index in [1.165, 1.54) is 12.4 Å². The molecule has 0 saturated carbocycles. The van der Waals surface area contributed by atoms with Gasteiger partial charge in [0.15, 0.2) is 0 Å². The van der Waals surface area contributed by atoms with Crippen molar-refractivity contribution in [3.05, 3.63) is 40.9 Å². The van der Waals surface area contributed by atoms with E-state index in [1.54, 1.807) is 19.9 Å². The smallest absolute Gasteiger partial charge is 0.222 e. The van der Waals surface area contributed by atoms with Gasteiger partial charge in [-0.15, -0.1) is 9.19 Å². The highest BCUT2D eigenvalue weighted by atomic mass is 35.5. The second kappa shape index (κ2) is 4.12. The number of rotatable bonds is 2. The highest BCUT2D eigenvalue weighted by Crippen LogP contribution is 2.24. The monoisotopic (exact) mass is 271 g/mol. The standard InChI is InChI=1S/C10H10ClN3O2S/c1-7-4-10(8(2)3-9(7)11)17(15,16)14-6-12-5-13-14/h3-6H,1-2H3. The molecule has 17 heavy (non-hydrogen) atoms. The van der Waals surface area contributed by atoms with Crippen LogP contribution in [-0.2, 0) is 10.0 Å². The fourth-order valence-electron chi connectivity index (χ4n) is 1.45. The summed E-state index contributed by atoms with van der Waals surface area (Å²) in [5.41, 5.74) is 1.28. The van der Waals surface area contributed by atoms with Crippen molar-refractivity contribution < 1.29 is 8.42 Å². The first-order chi connectivity index (χ1) is 7.93. The van der Waals surface area contributed by atoms with Gasteiger partial charge in [-0.1, -0.05) is 11.6 Å². The molecule has 0 aliphatic carbocycles. The summed E-state index contributed by atoms with van der Waals surface area (Å²) in [5.74, 6) is 0. The number of aromatic nitrogens is 3. The van der Waals surface area contributed by atoms with E-state index in [0.29, 0.717) is 16.1 Å². The van der Waals surface area contributed by atoms with Gasteiger partial charge in [-0.05, 0) is 37.1 Å². The lowest BCUT2D eigenvalue weighted by molar-refractivity contribution is 0.579. The van der Waals surface area contributed by atoms with Crippen LogP contribution in [0.4, 0.5) is 0 Å². The highest BCUT2D eigenvalue weighted by Gasteiger charge is 2.20. The SMILES string of the molecule is Cc1cc(S(=O)(=O)n2cncn2)c(C)cc1Cl. The van der Waals surface area contributed by atoms with Gasteiger partial charge in [-0.25, -0.2) is 4.98 Å². The summed E-state index contributed by atoms with van der Waals surface area (Å²) in [4.78, 5) is 3.82. The van der Waals surface area contributed by atoms with Crippen LogP contribution in [0.5, 0.6) is 0 Å². The van der Waals surface area contributed by atoms with E-state index in [0.717, 1.165) is 10.4 Å². The van der Waals surface area contributed by atoms with Crippen LogP contribution < -0.4 is 0 Å². The van der Waals surface area contributed by atoms with E-state index in [-0.39, 0.29) is 4.90 Å². The second-order valence-electron chi connectivity index (χ2n) is 3.64. The Kier molecular flexibility index (Phi) is 2.92. The van der Waals surface area contributed by atoms with Crippen molar-refractivity contribution in [2.75, 3.05) is 0 Å². The molecule has 1 aromatic heterocycles. The fourth-order valence-corrected chi connectivity index (χ4v) is 3.01. The zero-order valence-corrected chi connectivity index (χ0v) is 10.8. The molecule has 0 aliphatic rings. The van der Waals surface area contributed by atoms with Crippen LogP contribution in [0.3, 0.4) is 0 Å². The normalized spacial score (nSPS) is 11.7. The minimum Gasteiger partial charge on any atom is -0.222 e. The van der Waals surface area contributed by atoms with Gasteiger partial charge in [0.25, 0.3) is 10.0 Å². The number of benzene rings is 1. The van der Waals surface area contributed by atoms with Gasteiger partial charge in [0, 0.05) is 5.02 Å². The summed E-state index contributed by atoms with van der Waals surface area (Å²) in [5, 5.41) is 4.18. The summed E-state index contributed by atoms with van der Waals surface area (Å²) in [6.07, 6.45) is 2.33. The molecule has 90 valence electrons. The van der Waals surface area contributed by atoms with Crippen molar-refractivity contribution in [3.8, 4) is 0 Å². The molecule has 0 saturated heterocycles. The fraction of sp³-hybridized carbons (Fsp3) is 0.200. The van der Waals surface area contributed by atoms with Gasteiger partial charge in [0.1, 0.15) is 12.7 Å². The van der Waals surface area contributed by atoms with Crippen LogP contribution >= 0.6 is 11.6 Å². The quantitative estimate of drug-likeness (QED) is 0.835. The zero-order chi connectivity index (χ0) is 12.6. The third-order valence-corrected chi connectivity index (χ3v) is 4.46. The predicted octanol–water partition coefficient (Wildman–Crippen LogP) is 1.79. The predicted molar refractivity (Wildman–Crippen MR) is 63.5 cm³/mol. The minimum absolute atomic E-state index is 0.185. The van der Waals surface area contributed by atoms with Crippen molar-refractivity contribution in [1.82, 2.24) is 14.2 Å². The van der Waals surface area contributed by atoms with Crippen LogP contribution in [-0.4, -0.2) is 22.6 Å². The van der Waals surface area contributed by atoms with Gasteiger partial charge < -0.3 is 0 Å². The van der Waals surface area contributed by atoms with Crippen LogP contribution in [0.1, 0.15) is 11.1 Å². The zero-order valence-electron chi connectivity index (χ0n) is 9.25. The number of hydrogen-bond acceptors (Lipinski definition) is 4. The molecule has 0 bridgehead atoms. The van der Waals surface area contributed by atoms with Crippen LogP contribution in [0, 0.1) is 13.8 Å².